The maximum Gasteiger partial charge on any atom is 0.163 e. The van der Waals surface area contributed by atoms with Gasteiger partial charge in [-0.3, -0.25) is 9.78 Å². The monoisotopic (exact) mass is 273 g/mol. The van der Waals surface area contributed by atoms with E-state index in [0.717, 1.165) is 12.8 Å². The van der Waals surface area contributed by atoms with Gasteiger partial charge in [0.1, 0.15) is 11.6 Å². The van der Waals surface area contributed by atoms with Crippen molar-refractivity contribution < 1.29 is 13.9 Å². The highest BCUT2D eigenvalue weighted by Gasteiger charge is 2.09. The van der Waals surface area contributed by atoms with Crippen molar-refractivity contribution in [3.8, 4) is 5.75 Å². The molecule has 2 rings (SSSR count). The van der Waals surface area contributed by atoms with Gasteiger partial charge in [-0.05, 0) is 55.7 Å². The van der Waals surface area contributed by atoms with Gasteiger partial charge in [-0.1, -0.05) is 0 Å². The SMILES string of the molecule is CC(=O)c1cc(F)ccc1OCCCc1ccncc1. The predicted octanol–water partition coefficient (Wildman–Crippen LogP) is 3.43. The molecule has 104 valence electrons. The molecule has 0 aliphatic carbocycles. The van der Waals surface area contributed by atoms with Gasteiger partial charge in [0.25, 0.3) is 0 Å². The molecule has 0 saturated carbocycles. The summed E-state index contributed by atoms with van der Waals surface area (Å²) in [5.41, 5.74) is 1.48. The molecule has 0 spiro atoms. The quantitative estimate of drug-likeness (QED) is 0.598. The molecule has 2 aromatic rings. The molecule has 0 fully saturated rings. The number of rotatable bonds is 6. The van der Waals surface area contributed by atoms with Crippen LogP contribution in [-0.2, 0) is 6.42 Å². The normalized spacial score (nSPS) is 10.3. The zero-order chi connectivity index (χ0) is 14.4. The summed E-state index contributed by atoms with van der Waals surface area (Å²) in [7, 11) is 0. The molecule has 1 heterocycles. The first-order valence-corrected chi connectivity index (χ1v) is 6.49. The number of benzene rings is 1. The number of carbonyl (C=O) groups excluding carboxylic acids is 1. The van der Waals surface area contributed by atoms with Crippen LogP contribution in [0.5, 0.6) is 5.75 Å². The van der Waals surface area contributed by atoms with Crippen LogP contribution in [0.1, 0.15) is 29.3 Å². The number of pyridine rings is 1. The first-order valence-electron chi connectivity index (χ1n) is 6.49. The van der Waals surface area contributed by atoms with Crippen LogP contribution >= 0.6 is 0 Å². The summed E-state index contributed by atoms with van der Waals surface area (Å²) in [5.74, 6) is -0.193. The molecule has 0 N–H and O–H groups in total. The fraction of sp³-hybridized carbons (Fsp3) is 0.250. The summed E-state index contributed by atoms with van der Waals surface area (Å²) in [6, 6.07) is 7.92. The summed E-state index contributed by atoms with van der Waals surface area (Å²) in [6.07, 6.45) is 5.20. The third kappa shape index (κ3) is 3.88. The summed E-state index contributed by atoms with van der Waals surface area (Å²) in [5, 5.41) is 0. The lowest BCUT2D eigenvalue weighted by atomic mass is 10.1. The van der Waals surface area contributed by atoms with Gasteiger partial charge in [-0.25, -0.2) is 4.39 Å². The smallest absolute Gasteiger partial charge is 0.163 e. The van der Waals surface area contributed by atoms with E-state index in [0.29, 0.717) is 12.4 Å². The van der Waals surface area contributed by atoms with Gasteiger partial charge in [-0.15, -0.1) is 0 Å². The van der Waals surface area contributed by atoms with Gasteiger partial charge in [0.2, 0.25) is 0 Å². The topological polar surface area (TPSA) is 39.2 Å². The molecule has 0 aliphatic heterocycles. The molecule has 1 aromatic heterocycles. The van der Waals surface area contributed by atoms with E-state index in [4.69, 9.17) is 4.74 Å². The largest absolute Gasteiger partial charge is 0.493 e. The molecule has 0 aliphatic rings. The van der Waals surface area contributed by atoms with Crippen molar-refractivity contribution in [3.63, 3.8) is 0 Å². The van der Waals surface area contributed by atoms with Crippen LogP contribution in [0.25, 0.3) is 0 Å². The summed E-state index contributed by atoms with van der Waals surface area (Å²) >= 11 is 0. The van der Waals surface area contributed by atoms with E-state index in [1.165, 1.54) is 30.7 Å². The highest BCUT2D eigenvalue weighted by atomic mass is 19.1. The van der Waals surface area contributed by atoms with E-state index in [-0.39, 0.29) is 11.3 Å². The Labute approximate surface area is 117 Å². The third-order valence-corrected chi connectivity index (χ3v) is 2.94. The number of aryl methyl sites for hydroxylation is 1. The lowest BCUT2D eigenvalue weighted by molar-refractivity contribution is 0.101. The second kappa shape index (κ2) is 6.80. The van der Waals surface area contributed by atoms with Gasteiger partial charge >= 0.3 is 0 Å². The number of halogens is 1. The Bertz CT molecular complexity index is 584. The van der Waals surface area contributed by atoms with Crippen molar-refractivity contribution >= 4 is 5.78 Å². The minimum absolute atomic E-state index is 0.200. The zero-order valence-electron chi connectivity index (χ0n) is 11.3. The number of Topliss-reactive ketones (excluding diaryl/α,β-unsaturated/α-hetero) is 1. The number of carbonyl (C=O) groups is 1. The zero-order valence-corrected chi connectivity index (χ0v) is 11.3. The molecule has 0 atom stereocenters. The fourth-order valence-electron chi connectivity index (χ4n) is 1.91. The number of hydrogen-bond donors (Lipinski definition) is 0. The molecule has 0 unspecified atom stereocenters. The van der Waals surface area contributed by atoms with Crippen molar-refractivity contribution in [1.29, 1.82) is 0 Å². The van der Waals surface area contributed by atoms with Gasteiger partial charge in [0.05, 0.1) is 12.2 Å². The van der Waals surface area contributed by atoms with E-state index >= 15 is 0 Å². The van der Waals surface area contributed by atoms with Crippen LogP contribution in [-0.4, -0.2) is 17.4 Å². The number of hydrogen-bond acceptors (Lipinski definition) is 3. The second-order valence-corrected chi connectivity index (χ2v) is 4.50. The minimum atomic E-state index is -0.431. The molecule has 0 bridgehead atoms. The van der Waals surface area contributed by atoms with E-state index < -0.39 is 5.82 Å². The highest BCUT2D eigenvalue weighted by molar-refractivity contribution is 5.96. The molecular weight excluding hydrogens is 257 g/mol. The molecule has 20 heavy (non-hydrogen) atoms. The molecule has 4 heteroatoms. The predicted molar refractivity (Wildman–Crippen MR) is 74.5 cm³/mol. The lowest BCUT2D eigenvalue weighted by Gasteiger charge is -2.09. The van der Waals surface area contributed by atoms with Gasteiger partial charge < -0.3 is 4.74 Å². The van der Waals surface area contributed by atoms with Gasteiger partial charge in [0, 0.05) is 12.4 Å². The van der Waals surface area contributed by atoms with Crippen molar-refractivity contribution in [3.05, 3.63) is 59.7 Å². The minimum Gasteiger partial charge on any atom is -0.493 e. The van der Waals surface area contributed by atoms with Crippen LogP contribution < -0.4 is 4.74 Å². The average molecular weight is 273 g/mol. The molecular formula is C16H16FNO2. The van der Waals surface area contributed by atoms with Crippen LogP contribution in [0, 0.1) is 5.82 Å². The van der Waals surface area contributed by atoms with Crippen molar-refractivity contribution in [1.82, 2.24) is 4.98 Å². The van der Waals surface area contributed by atoms with Crippen LogP contribution in [0.2, 0.25) is 0 Å². The summed E-state index contributed by atoms with van der Waals surface area (Å²) < 4.78 is 18.7. The standard InChI is InChI=1S/C16H16FNO2/c1-12(19)15-11-14(17)4-5-16(15)20-10-2-3-13-6-8-18-9-7-13/h4-9,11H,2-3,10H2,1H3. The van der Waals surface area contributed by atoms with Crippen LogP contribution in [0.3, 0.4) is 0 Å². The van der Waals surface area contributed by atoms with Crippen molar-refractivity contribution in [2.45, 2.75) is 19.8 Å². The van der Waals surface area contributed by atoms with E-state index in [1.807, 2.05) is 12.1 Å². The van der Waals surface area contributed by atoms with E-state index in [1.54, 1.807) is 12.4 Å². The van der Waals surface area contributed by atoms with Crippen molar-refractivity contribution in [2.75, 3.05) is 6.61 Å². The second-order valence-electron chi connectivity index (χ2n) is 4.50. The van der Waals surface area contributed by atoms with Crippen molar-refractivity contribution in [2.24, 2.45) is 0 Å². The molecule has 0 saturated heterocycles. The third-order valence-electron chi connectivity index (χ3n) is 2.94. The number of nitrogens with zero attached hydrogens (tertiary/aromatic N) is 1. The van der Waals surface area contributed by atoms with Gasteiger partial charge in [-0.2, -0.15) is 0 Å². The fourth-order valence-corrected chi connectivity index (χ4v) is 1.91. The molecule has 0 radical (unpaired) electrons. The first kappa shape index (κ1) is 14.2. The average Bonchev–Trinajstić information content (AvgIpc) is 2.45. The number of ketones is 1. The summed E-state index contributed by atoms with van der Waals surface area (Å²) in [6.45, 7) is 1.88. The van der Waals surface area contributed by atoms with Crippen LogP contribution in [0.4, 0.5) is 4.39 Å². The Balaban J connectivity index is 1.90. The molecule has 3 nitrogen and oxygen atoms in total. The van der Waals surface area contributed by atoms with Gasteiger partial charge in [0.15, 0.2) is 5.78 Å². The van der Waals surface area contributed by atoms with Crippen LogP contribution in [0.15, 0.2) is 42.7 Å². The maximum atomic E-state index is 13.1. The Kier molecular flexibility index (Phi) is 4.82. The Hall–Kier alpha value is -2.23. The molecule has 0 amide bonds. The van der Waals surface area contributed by atoms with E-state index in [9.17, 15) is 9.18 Å². The number of ether oxygens (including phenoxy) is 1. The highest BCUT2D eigenvalue weighted by Crippen LogP contribution is 2.20. The van der Waals surface area contributed by atoms with E-state index in [2.05, 4.69) is 4.98 Å². The maximum absolute atomic E-state index is 13.1. The summed E-state index contributed by atoms with van der Waals surface area (Å²) in [4.78, 5) is 15.4. The molecule has 1 aromatic carbocycles. The Morgan fingerprint density at radius 1 is 1.25 bits per heavy atom. The number of aromatic nitrogens is 1. The Morgan fingerprint density at radius 3 is 2.70 bits per heavy atom. The Morgan fingerprint density at radius 2 is 2.00 bits per heavy atom. The lowest BCUT2D eigenvalue weighted by Crippen LogP contribution is -2.04. The first-order chi connectivity index (χ1) is 9.66.